The maximum Gasteiger partial charge on any atom is 0.265 e. The molecule has 0 fully saturated rings. The molecule has 3 aromatic carbocycles. The van der Waals surface area contributed by atoms with Crippen molar-refractivity contribution in [2.75, 3.05) is 5.32 Å². The van der Waals surface area contributed by atoms with E-state index in [4.69, 9.17) is 21.1 Å². The summed E-state index contributed by atoms with van der Waals surface area (Å²) in [5, 5.41) is 3.44. The van der Waals surface area contributed by atoms with Crippen molar-refractivity contribution < 1.29 is 14.3 Å². The number of carbonyl (C=O) groups excluding carboxylic acids is 1. The van der Waals surface area contributed by atoms with E-state index >= 15 is 0 Å². The van der Waals surface area contributed by atoms with Crippen LogP contribution in [0.3, 0.4) is 0 Å². The predicted molar refractivity (Wildman–Crippen MR) is 103 cm³/mol. The lowest BCUT2D eigenvalue weighted by atomic mass is 10.2. The first kappa shape index (κ1) is 17.8. The molecule has 0 aliphatic carbocycles. The van der Waals surface area contributed by atoms with Crippen LogP contribution in [-0.4, -0.2) is 12.0 Å². The zero-order chi connectivity index (χ0) is 18.4. The third-order valence-electron chi connectivity index (χ3n) is 3.60. The van der Waals surface area contributed by atoms with Crippen molar-refractivity contribution in [1.82, 2.24) is 0 Å². The minimum absolute atomic E-state index is 0.239. The van der Waals surface area contributed by atoms with Crippen LogP contribution in [0.2, 0.25) is 5.02 Å². The number of para-hydroxylation sites is 1. The zero-order valence-corrected chi connectivity index (χ0v) is 14.9. The van der Waals surface area contributed by atoms with Crippen LogP contribution in [0.4, 0.5) is 5.69 Å². The zero-order valence-electron chi connectivity index (χ0n) is 14.2. The first-order valence-electron chi connectivity index (χ1n) is 8.16. The van der Waals surface area contributed by atoms with Crippen molar-refractivity contribution in [2.24, 2.45) is 0 Å². The highest BCUT2D eigenvalue weighted by Gasteiger charge is 2.15. The van der Waals surface area contributed by atoms with Crippen molar-refractivity contribution >= 4 is 23.2 Å². The summed E-state index contributed by atoms with van der Waals surface area (Å²) >= 11 is 5.84. The Labute approximate surface area is 157 Å². The standard InChI is InChI=1S/C21H18ClNO3/c1-15(25-19-11-7-16(22)8-12-19)21(24)23-17-9-13-20(14-10-17)26-18-5-3-2-4-6-18/h2-15H,1H3,(H,23,24)/t15-/m0/s1. The first-order valence-corrected chi connectivity index (χ1v) is 8.54. The Morgan fingerprint density at radius 2 is 1.42 bits per heavy atom. The fourth-order valence-corrected chi connectivity index (χ4v) is 2.37. The van der Waals surface area contributed by atoms with Crippen molar-refractivity contribution in [2.45, 2.75) is 13.0 Å². The van der Waals surface area contributed by atoms with Crippen LogP contribution >= 0.6 is 11.6 Å². The van der Waals surface area contributed by atoms with Crippen LogP contribution in [0, 0.1) is 0 Å². The number of ether oxygens (including phenoxy) is 2. The fourth-order valence-electron chi connectivity index (χ4n) is 2.25. The van der Waals surface area contributed by atoms with Gasteiger partial charge in [0.05, 0.1) is 0 Å². The Hall–Kier alpha value is -2.98. The molecule has 0 heterocycles. The molecule has 5 heteroatoms. The van der Waals surface area contributed by atoms with E-state index < -0.39 is 6.10 Å². The van der Waals surface area contributed by atoms with Crippen LogP contribution in [0.1, 0.15) is 6.92 Å². The summed E-state index contributed by atoms with van der Waals surface area (Å²) in [6.45, 7) is 1.69. The van der Waals surface area contributed by atoms with Crippen LogP contribution in [0.15, 0.2) is 78.9 Å². The molecule has 0 saturated heterocycles. The van der Waals surface area contributed by atoms with Gasteiger partial charge >= 0.3 is 0 Å². The second kappa shape index (κ2) is 8.41. The quantitative estimate of drug-likeness (QED) is 0.622. The van der Waals surface area contributed by atoms with E-state index in [-0.39, 0.29) is 5.91 Å². The molecule has 0 bridgehead atoms. The number of benzene rings is 3. The molecule has 1 N–H and O–H groups in total. The molecule has 1 atom stereocenters. The van der Waals surface area contributed by atoms with Crippen molar-refractivity contribution in [1.29, 1.82) is 0 Å². The van der Waals surface area contributed by atoms with Crippen LogP contribution in [0.5, 0.6) is 17.2 Å². The van der Waals surface area contributed by atoms with E-state index in [0.29, 0.717) is 22.2 Å². The summed E-state index contributed by atoms with van der Waals surface area (Å²) in [7, 11) is 0. The third-order valence-corrected chi connectivity index (χ3v) is 3.85. The van der Waals surface area contributed by atoms with Gasteiger partial charge in [0.25, 0.3) is 5.91 Å². The SMILES string of the molecule is C[C@H](Oc1ccc(Cl)cc1)C(=O)Nc1ccc(Oc2ccccc2)cc1. The normalized spacial score (nSPS) is 11.5. The molecule has 0 saturated carbocycles. The van der Waals surface area contributed by atoms with Crippen LogP contribution in [0.25, 0.3) is 0 Å². The number of carbonyl (C=O) groups is 1. The van der Waals surface area contributed by atoms with Gasteiger partial charge in [-0.2, -0.15) is 0 Å². The molecule has 0 aliphatic rings. The van der Waals surface area contributed by atoms with Gasteiger partial charge in [0.1, 0.15) is 17.2 Å². The van der Waals surface area contributed by atoms with E-state index in [0.717, 1.165) is 5.75 Å². The summed E-state index contributed by atoms with van der Waals surface area (Å²) in [6, 6.07) is 23.5. The smallest absolute Gasteiger partial charge is 0.265 e. The molecule has 3 rings (SSSR count). The maximum atomic E-state index is 12.3. The lowest BCUT2D eigenvalue weighted by molar-refractivity contribution is -0.122. The van der Waals surface area contributed by atoms with E-state index in [1.807, 2.05) is 30.3 Å². The number of amides is 1. The van der Waals surface area contributed by atoms with Gasteiger partial charge in [-0.25, -0.2) is 0 Å². The van der Waals surface area contributed by atoms with Crippen LogP contribution in [-0.2, 0) is 4.79 Å². The molecule has 0 unspecified atom stereocenters. The molecule has 0 aromatic heterocycles. The average molecular weight is 368 g/mol. The maximum absolute atomic E-state index is 12.3. The number of hydrogen-bond acceptors (Lipinski definition) is 3. The van der Waals surface area contributed by atoms with Gasteiger partial charge in [0.15, 0.2) is 6.10 Å². The molecule has 1 amide bonds. The Balaban J connectivity index is 1.56. The summed E-state index contributed by atoms with van der Waals surface area (Å²) < 4.78 is 11.3. The third kappa shape index (κ3) is 5.01. The van der Waals surface area contributed by atoms with Crippen molar-refractivity contribution in [3.63, 3.8) is 0 Å². The molecule has 3 aromatic rings. The molecule has 4 nitrogen and oxygen atoms in total. The average Bonchev–Trinajstić information content (AvgIpc) is 2.66. The molecular formula is C21H18ClNO3. The largest absolute Gasteiger partial charge is 0.481 e. The number of nitrogens with one attached hydrogen (secondary N) is 1. The van der Waals surface area contributed by atoms with Gasteiger partial charge in [-0.3, -0.25) is 4.79 Å². The Kier molecular flexibility index (Phi) is 5.77. The monoisotopic (exact) mass is 367 g/mol. The lowest BCUT2D eigenvalue weighted by Gasteiger charge is -2.15. The molecule has 132 valence electrons. The van der Waals surface area contributed by atoms with Crippen molar-refractivity contribution in [3.8, 4) is 17.2 Å². The van der Waals surface area contributed by atoms with Gasteiger partial charge in [-0.15, -0.1) is 0 Å². The molecular weight excluding hydrogens is 350 g/mol. The lowest BCUT2D eigenvalue weighted by Crippen LogP contribution is -2.30. The van der Waals surface area contributed by atoms with Gasteiger partial charge in [-0.1, -0.05) is 29.8 Å². The number of anilines is 1. The van der Waals surface area contributed by atoms with E-state index in [2.05, 4.69) is 5.32 Å². The van der Waals surface area contributed by atoms with Gasteiger partial charge in [-0.05, 0) is 67.6 Å². The Morgan fingerprint density at radius 3 is 2.08 bits per heavy atom. The summed E-state index contributed by atoms with van der Waals surface area (Å²) in [4.78, 5) is 12.3. The second-order valence-corrected chi connectivity index (χ2v) is 6.08. The predicted octanol–water partition coefficient (Wildman–Crippen LogP) is 5.54. The van der Waals surface area contributed by atoms with Gasteiger partial charge in [0.2, 0.25) is 0 Å². The highest BCUT2D eigenvalue weighted by atomic mass is 35.5. The molecule has 0 aliphatic heterocycles. The summed E-state index contributed by atoms with van der Waals surface area (Å²) in [6.07, 6.45) is -0.642. The highest BCUT2D eigenvalue weighted by Crippen LogP contribution is 2.23. The van der Waals surface area contributed by atoms with E-state index in [1.165, 1.54) is 0 Å². The molecule has 0 spiro atoms. The number of hydrogen-bond donors (Lipinski definition) is 1. The Bertz CT molecular complexity index is 849. The summed E-state index contributed by atoms with van der Waals surface area (Å²) in [5.41, 5.74) is 0.668. The minimum Gasteiger partial charge on any atom is -0.481 e. The van der Waals surface area contributed by atoms with Gasteiger partial charge in [0, 0.05) is 10.7 Å². The fraction of sp³-hybridized carbons (Fsp3) is 0.0952. The topological polar surface area (TPSA) is 47.6 Å². The van der Waals surface area contributed by atoms with E-state index in [9.17, 15) is 4.79 Å². The Morgan fingerprint density at radius 1 is 0.846 bits per heavy atom. The first-order chi connectivity index (χ1) is 12.6. The number of halogens is 1. The van der Waals surface area contributed by atoms with E-state index in [1.54, 1.807) is 55.5 Å². The molecule has 0 radical (unpaired) electrons. The molecule has 26 heavy (non-hydrogen) atoms. The summed E-state index contributed by atoms with van der Waals surface area (Å²) in [5.74, 6) is 1.80. The second-order valence-electron chi connectivity index (χ2n) is 5.64. The van der Waals surface area contributed by atoms with Gasteiger partial charge < -0.3 is 14.8 Å². The minimum atomic E-state index is -0.642. The van der Waals surface area contributed by atoms with Crippen LogP contribution < -0.4 is 14.8 Å². The number of rotatable bonds is 6. The highest BCUT2D eigenvalue weighted by molar-refractivity contribution is 6.30. The van der Waals surface area contributed by atoms with Crippen molar-refractivity contribution in [3.05, 3.63) is 83.9 Å².